The average molecular weight is 362 g/mol. The molecule has 0 spiro atoms. The molecule has 0 aliphatic rings. The van der Waals surface area contributed by atoms with Gasteiger partial charge in [-0.2, -0.15) is 0 Å². The number of benzene rings is 2. The van der Waals surface area contributed by atoms with E-state index in [1.54, 1.807) is 24.3 Å². The number of carbonyl (C=O) groups is 2. The summed E-state index contributed by atoms with van der Waals surface area (Å²) in [7, 11) is 0. The summed E-state index contributed by atoms with van der Waals surface area (Å²) in [6.45, 7) is 3.63. The second kappa shape index (κ2) is 9.08. The van der Waals surface area contributed by atoms with Crippen LogP contribution in [0, 0.1) is 6.92 Å². The van der Waals surface area contributed by atoms with E-state index in [-0.39, 0.29) is 13.0 Å². The highest BCUT2D eigenvalue weighted by molar-refractivity contribution is 6.30. The van der Waals surface area contributed by atoms with Gasteiger partial charge in [-0.15, -0.1) is 0 Å². The molecule has 25 heavy (non-hydrogen) atoms. The van der Waals surface area contributed by atoms with Crippen LogP contribution in [-0.2, 0) is 14.3 Å². The number of para-hydroxylation sites is 1. The van der Waals surface area contributed by atoms with Gasteiger partial charge in [0.2, 0.25) is 0 Å². The molecule has 2 aromatic carbocycles. The Kier molecular flexibility index (Phi) is 6.83. The molecule has 0 aromatic heterocycles. The number of rotatable bonds is 7. The highest BCUT2D eigenvalue weighted by Crippen LogP contribution is 2.17. The summed E-state index contributed by atoms with van der Waals surface area (Å²) in [5.41, 5.74) is 1.54. The predicted octanol–water partition coefficient (Wildman–Crippen LogP) is 3.99. The summed E-state index contributed by atoms with van der Waals surface area (Å²) in [5.74, 6) is -0.195. The van der Waals surface area contributed by atoms with Crippen molar-refractivity contribution >= 4 is 29.2 Å². The zero-order chi connectivity index (χ0) is 18.2. The summed E-state index contributed by atoms with van der Waals surface area (Å²) < 4.78 is 10.7. The van der Waals surface area contributed by atoms with Crippen molar-refractivity contribution in [2.24, 2.45) is 0 Å². The molecule has 0 bridgehead atoms. The zero-order valence-electron chi connectivity index (χ0n) is 14.1. The molecule has 132 valence electrons. The van der Waals surface area contributed by atoms with Gasteiger partial charge < -0.3 is 14.8 Å². The molecule has 0 saturated carbocycles. The van der Waals surface area contributed by atoms with E-state index in [1.807, 2.05) is 31.2 Å². The Hall–Kier alpha value is -2.53. The van der Waals surface area contributed by atoms with E-state index in [4.69, 9.17) is 21.1 Å². The second-order valence-electron chi connectivity index (χ2n) is 5.50. The third-order valence-corrected chi connectivity index (χ3v) is 3.66. The van der Waals surface area contributed by atoms with Crippen molar-refractivity contribution < 1.29 is 19.1 Å². The Labute approximate surface area is 151 Å². The first-order valence-electron chi connectivity index (χ1n) is 7.90. The van der Waals surface area contributed by atoms with Gasteiger partial charge in [0.05, 0.1) is 13.0 Å². The number of halogens is 1. The standard InChI is InChI=1S/C19H20ClNO4/c1-13-6-3-4-9-17(13)24-11-10-18(22)25-14(2)19(23)21-16-8-5-7-15(20)12-16/h3-9,12,14H,10-11H2,1-2H3,(H,21,23). The van der Waals surface area contributed by atoms with E-state index < -0.39 is 18.0 Å². The van der Waals surface area contributed by atoms with Crippen LogP contribution in [0.1, 0.15) is 18.9 Å². The van der Waals surface area contributed by atoms with Crippen molar-refractivity contribution in [2.45, 2.75) is 26.4 Å². The number of aryl methyl sites for hydroxylation is 1. The van der Waals surface area contributed by atoms with Crippen LogP contribution in [0.2, 0.25) is 5.02 Å². The molecule has 6 heteroatoms. The number of hydrogen-bond donors (Lipinski definition) is 1. The van der Waals surface area contributed by atoms with Crippen molar-refractivity contribution in [3.63, 3.8) is 0 Å². The van der Waals surface area contributed by atoms with Gasteiger partial charge in [0.1, 0.15) is 5.75 Å². The maximum atomic E-state index is 12.0. The van der Waals surface area contributed by atoms with E-state index in [9.17, 15) is 9.59 Å². The van der Waals surface area contributed by atoms with Crippen LogP contribution < -0.4 is 10.1 Å². The number of anilines is 1. The van der Waals surface area contributed by atoms with Gasteiger partial charge in [0.25, 0.3) is 5.91 Å². The van der Waals surface area contributed by atoms with Crippen LogP contribution in [0.3, 0.4) is 0 Å². The van der Waals surface area contributed by atoms with E-state index in [1.165, 1.54) is 6.92 Å². The average Bonchev–Trinajstić information content (AvgIpc) is 2.56. The first kappa shape index (κ1) is 18.8. The largest absolute Gasteiger partial charge is 0.493 e. The molecule has 1 unspecified atom stereocenters. The number of esters is 1. The molecule has 0 aliphatic carbocycles. The third-order valence-electron chi connectivity index (χ3n) is 3.43. The van der Waals surface area contributed by atoms with Crippen LogP contribution in [0.4, 0.5) is 5.69 Å². The van der Waals surface area contributed by atoms with Gasteiger partial charge in [-0.3, -0.25) is 9.59 Å². The molecule has 0 saturated heterocycles. The molecule has 1 N–H and O–H groups in total. The molecular formula is C19H20ClNO4. The Morgan fingerprint density at radius 3 is 2.64 bits per heavy atom. The fourth-order valence-electron chi connectivity index (χ4n) is 2.08. The van der Waals surface area contributed by atoms with Crippen molar-refractivity contribution in [2.75, 3.05) is 11.9 Å². The lowest BCUT2D eigenvalue weighted by molar-refractivity contribution is -0.153. The lowest BCUT2D eigenvalue weighted by atomic mass is 10.2. The van der Waals surface area contributed by atoms with E-state index in [0.29, 0.717) is 10.7 Å². The predicted molar refractivity (Wildman–Crippen MR) is 96.9 cm³/mol. The maximum Gasteiger partial charge on any atom is 0.310 e. The lowest BCUT2D eigenvalue weighted by Gasteiger charge is -2.14. The fraction of sp³-hybridized carbons (Fsp3) is 0.263. The lowest BCUT2D eigenvalue weighted by Crippen LogP contribution is -2.30. The van der Waals surface area contributed by atoms with Crippen LogP contribution in [0.25, 0.3) is 0 Å². The minimum atomic E-state index is -0.912. The van der Waals surface area contributed by atoms with Crippen LogP contribution >= 0.6 is 11.6 Å². The Balaban J connectivity index is 1.75. The number of nitrogens with one attached hydrogen (secondary N) is 1. The Morgan fingerprint density at radius 2 is 1.92 bits per heavy atom. The van der Waals surface area contributed by atoms with Crippen LogP contribution in [0.5, 0.6) is 5.75 Å². The van der Waals surface area contributed by atoms with Crippen molar-refractivity contribution in [3.05, 3.63) is 59.1 Å². The van der Waals surface area contributed by atoms with Crippen molar-refractivity contribution in [3.8, 4) is 5.75 Å². The first-order valence-corrected chi connectivity index (χ1v) is 8.28. The Bertz CT molecular complexity index is 748. The number of amides is 1. The number of hydrogen-bond acceptors (Lipinski definition) is 4. The van der Waals surface area contributed by atoms with Gasteiger partial charge in [0, 0.05) is 10.7 Å². The molecule has 0 heterocycles. The van der Waals surface area contributed by atoms with Gasteiger partial charge in [-0.1, -0.05) is 35.9 Å². The smallest absolute Gasteiger partial charge is 0.310 e. The molecule has 5 nitrogen and oxygen atoms in total. The minimum Gasteiger partial charge on any atom is -0.493 e. The van der Waals surface area contributed by atoms with E-state index in [0.717, 1.165) is 11.3 Å². The molecule has 0 fully saturated rings. The quantitative estimate of drug-likeness (QED) is 0.757. The monoisotopic (exact) mass is 361 g/mol. The summed E-state index contributed by atoms with van der Waals surface area (Å²) in [4.78, 5) is 23.9. The van der Waals surface area contributed by atoms with E-state index >= 15 is 0 Å². The molecule has 2 rings (SSSR count). The molecule has 1 atom stereocenters. The third kappa shape index (κ3) is 6.12. The first-order chi connectivity index (χ1) is 12.0. The molecule has 0 aliphatic heterocycles. The summed E-state index contributed by atoms with van der Waals surface area (Å²) in [6, 6.07) is 14.3. The van der Waals surface area contributed by atoms with Crippen molar-refractivity contribution in [1.82, 2.24) is 0 Å². The fourth-order valence-corrected chi connectivity index (χ4v) is 2.27. The maximum absolute atomic E-state index is 12.0. The van der Waals surface area contributed by atoms with Gasteiger partial charge in [0.15, 0.2) is 6.10 Å². The number of ether oxygens (including phenoxy) is 2. The van der Waals surface area contributed by atoms with Gasteiger partial charge in [-0.25, -0.2) is 0 Å². The molecule has 0 radical (unpaired) electrons. The van der Waals surface area contributed by atoms with Gasteiger partial charge >= 0.3 is 5.97 Å². The van der Waals surface area contributed by atoms with Gasteiger partial charge in [-0.05, 0) is 43.7 Å². The van der Waals surface area contributed by atoms with Crippen molar-refractivity contribution in [1.29, 1.82) is 0 Å². The SMILES string of the molecule is Cc1ccccc1OCCC(=O)OC(C)C(=O)Nc1cccc(Cl)c1. The van der Waals surface area contributed by atoms with E-state index in [2.05, 4.69) is 5.32 Å². The molecular weight excluding hydrogens is 342 g/mol. The van der Waals surface area contributed by atoms with Crippen LogP contribution in [0.15, 0.2) is 48.5 Å². The number of carbonyl (C=O) groups excluding carboxylic acids is 2. The zero-order valence-corrected chi connectivity index (χ0v) is 14.9. The molecule has 2 aromatic rings. The normalized spacial score (nSPS) is 11.5. The summed E-state index contributed by atoms with van der Waals surface area (Å²) in [5, 5.41) is 3.16. The summed E-state index contributed by atoms with van der Waals surface area (Å²) in [6.07, 6.45) is -0.853. The minimum absolute atomic E-state index is 0.0587. The highest BCUT2D eigenvalue weighted by Gasteiger charge is 2.18. The molecule has 1 amide bonds. The summed E-state index contributed by atoms with van der Waals surface area (Å²) >= 11 is 5.86. The topological polar surface area (TPSA) is 64.6 Å². The Morgan fingerprint density at radius 1 is 1.16 bits per heavy atom. The highest BCUT2D eigenvalue weighted by atomic mass is 35.5. The van der Waals surface area contributed by atoms with Crippen LogP contribution in [-0.4, -0.2) is 24.6 Å². The second-order valence-corrected chi connectivity index (χ2v) is 5.93.